The van der Waals surface area contributed by atoms with Gasteiger partial charge in [-0.15, -0.1) is 6.42 Å². The summed E-state index contributed by atoms with van der Waals surface area (Å²) >= 11 is 6.10. The van der Waals surface area contributed by atoms with Gasteiger partial charge in [0.05, 0.1) is 23.9 Å². The first-order valence-corrected chi connectivity index (χ1v) is 5.18. The van der Waals surface area contributed by atoms with Crippen molar-refractivity contribution in [1.82, 2.24) is 0 Å². The molecule has 0 aliphatic rings. The van der Waals surface area contributed by atoms with Gasteiger partial charge in [0.15, 0.2) is 0 Å². The molecule has 2 nitrogen and oxygen atoms in total. The summed E-state index contributed by atoms with van der Waals surface area (Å²) in [6.45, 7) is 3.37. The van der Waals surface area contributed by atoms with Crippen molar-refractivity contribution in [1.29, 1.82) is 0 Å². The van der Waals surface area contributed by atoms with Crippen LogP contribution in [0.1, 0.15) is 12.5 Å². The molecule has 0 heterocycles. The Morgan fingerprint density at radius 1 is 1.53 bits per heavy atom. The van der Waals surface area contributed by atoms with Gasteiger partial charge < -0.3 is 10.0 Å². The van der Waals surface area contributed by atoms with Crippen molar-refractivity contribution in [2.45, 2.75) is 13.5 Å². The van der Waals surface area contributed by atoms with E-state index in [-0.39, 0.29) is 6.61 Å². The second-order valence-corrected chi connectivity index (χ2v) is 3.57. The zero-order valence-electron chi connectivity index (χ0n) is 8.70. The average Bonchev–Trinajstić information content (AvgIpc) is 2.26. The van der Waals surface area contributed by atoms with Gasteiger partial charge in [-0.05, 0) is 24.6 Å². The molecule has 0 spiro atoms. The van der Waals surface area contributed by atoms with E-state index in [1.54, 1.807) is 6.07 Å². The maximum absolute atomic E-state index is 8.95. The van der Waals surface area contributed by atoms with Gasteiger partial charge in [-0.2, -0.15) is 0 Å². The Hall–Kier alpha value is -1.17. The molecule has 80 valence electrons. The number of terminal acetylenes is 1. The monoisotopic (exact) mass is 223 g/mol. The van der Waals surface area contributed by atoms with E-state index in [4.69, 9.17) is 23.1 Å². The van der Waals surface area contributed by atoms with E-state index in [2.05, 4.69) is 5.92 Å². The maximum Gasteiger partial charge on any atom is 0.0792 e. The van der Waals surface area contributed by atoms with Gasteiger partial charge in [0.25, 0.3) is 0 Å². The summed E-state index contributed by atoms with van der Waals surface area (Å²) in [6.07, 6.45) is 5.27. The minimum absolute atomic E-state index is 0.00125. The minimum Gasteiger partial charge on any atom is -0.392 e. The predicted octanol–water partition coefficient (Wildman–Crippen LogP) is 2.29. The molecule has 0 saturated heterocycles. The van der Waals surface area contributed by atoms with E-state index in [0.717, 1.165) is 17.8 Å². The summed E-state index contributed by atoms with van der Waals surface area (Å²) in [5.41, 5.74) is 1.72. The van der Waals surface area contributed by atoms with Crippen LogP contribution in [0, 0.1) is 12.3 Å². The zero-order valence-corrected chi connectivity index (χ0v) is 9.46. The van der Waals surface area contributed by atoms with Crippen molar-refractivity contribution < 1.29 is 5.11 Å². The number of benzene rings is 1. The number of rotatable bonds is 4. The van der Waals surface area contributed by atoms with Crippen LogP contribution >= 0.6 is 11.6 Å². The lowest BCUT2D eigenvalue weighted by atomic mass is 10.2. The highest BCUT2D eigenvalue weighted by molar-refractivity contribution is 6.33. The summed E-state index contributed by atoms with van der Waals surface area (Å²) in [5.74, 6) is 2.59. The van der Waals surface area contributed by atoms with Crippen LogP contribution in [0.3, 0.4) is 0 Å². The third kappa shape index (κ3) is 2.89. The smallest absolute Gasteiger partial charge is 0.0792 e. The highest BCUT2D eigenvalue weighted by atomic mass is 35.5. The van der Waals surface area contributed by atoms with Gasteiger partial charge in [-0.1, -0.05) is 23.6 Å². The lowest BCUT2D eigenvalue weighted by molar-refractivity contribution is 0.282. The molecule has 0 saturated carbocycles. The Balaban J connectivity index is 2.98. The van der Waals surface area contributed by atoms with Crippen molar-refractivity contribution in [2.24, 2.45) is 0 Å². The van der Waals surface area contributed by atoms with Crippen LogP contribution in [-0.2, 0) is 6.61 Å². The van der Waals surface area contributed by atoms with Crippen LogP contribution in [-0.4, -0.2) is 18.2 Å². The van der Waals surface area contributed by atoms with E-state index in [0.29, 0.717) is 11.6 Å². The lowest BCUT2D eigenvalue weighted by Crippen LogP contribution is -2.23. The third-order valence-electron chi connectivity index (χ3n) is 2.20. The fourth-order valence-corrected chi connectivity index (χ4v) is 1.71. The Morgan fingerprint density at radius 2 is 2.27 bits per heavy atom. The van der Waals surface area contributed by atoms with Gasteiger partial charge in [-0.3, -0.25) is 0 Å². The van der Waals surface area contributed by atoms with Crippen molar-refractivity contribution in [3.8, 4) is 12.3 Å². The number of hydrogen-bond donors (Lipinski definition) is 1. The van der Waals surface area contributed by atoms with Crippen LogP contribution in [0.5, 0.6) is 0 Å². The standard InChI is InChI=1S/C12H14ClNO/c1-3-7-14(4-2)12-6-5-10(9-15)8-11(12)13/h1,5-6,8,15H,4,7,9H2,2H3. The molecule has 1 aromatic carbocycles. The molecular formula is C12H14ClNO. The molecule has 1 rings (SSSR count). The topological polar surface area (TPSA) is 23.5 Å². The van der Waals surface area contributed by atoms with Crippen molar-refractivity contribution in [2.75, 3.05) is 18.0 Å². The molecule has 0 fully saturated rings. The molecule has 0 amide bonds. The first kappa shape index (κ1) is 11.9. The molecule has 1 N–H and O–H groups in total. The predicted molar refractivity (Wildman–Crippen MR) is 64.1 cm³/mol. The normalized spacial score (nSPS) is 9.73. The number of aliphatic hydroxyl groups excluding tert-OH is 1. The summed E-state index contributed by atoms with van der Waals surface area (Å²) in [4.78, 5) is 2.00. The molecular weight excluding hydrogens is 210 g/mol. The molecule has 0 unspecified atom stereocenters. The second kappa shape index (κ2) is 5.65. The molecule has 0 atom stereocenters. The van der Waals surface area contributed by atoms with E-state index < -0.39 is 0 Å². The quantitative estimate of drug-likeness (QED) is 0.792. The van der Waals surface area contributed by atoms with Crippen LogP contribution in [0.2, 0.25) is 5.02 Å². The van der Waals surface area contributed by atoms with E-state index in [1.165, 1.54) is 0 Å². The fourth-order valence-electron chi connectivity index (χ4n) is 1.38. The van der Waals surface area contributed by atoms with Crippen LogP contribution < -0.4 is 4.90 Å². The molecule has 0 aliphatic carbocycles. The number of anilines is 1. The van der Waals surface area contributed by atoms with E-state index in [9.17, 15) is 0 Å². The van der Waals surface area contributed by atoms with Crippen molar-refractivity contribution in [3.05, 3.63) is 28.8 Å². The summed E-state index contributed by atoms with van der Waals surface area (Å²) in [5, 5.41) is 9.57. The Bertz CT molecular complexity index is 370. The molecule has 0 aliphatic heterocycles. The van der Waals surface area contributed by atoms with Crippen LogP contribution in [0.15, 0.2) is 18.2 Å². The molecule has 3 heteroatoms. The number of hydrogen-bond acceptors (Lipinski definition) is 2. The molecule has 0 bridgehead atoms. The van der Waals surface area contributed by atoms with E-state index >= 15 is 0 Å². The Labute approximate surface area is 95.5 Å². The molecule has 15 heavy (non-hydrogen) atoms. The van der Waals surface area contributed by atoms with Gasteiger partial charge in [0, 0.05) is 6.54 Å². The number of halogens is 1. The largest absolute Gasteiger partial charge is 0.392 e. The highest BCUT2D eigenvalue weighted by Crippen LogP contribution is 2.26. The minimum atomic E-state index is 0.00125. The highest BCUT2D eigenvalue weighted by Gasteiger charge is 2.07. The second-order valence-electron chi connectivity index (χ2n) is 3.16. The lowest BCUT2D eigenvalue weighted by Gasteiger charge is -2.21. The molecule has 1 aromatic rings. The van der Waals surface area contributed by atoms with Crippen LogP contribution in [0.4, 0.5) is 5.69 Å². The van der Waals surface area contributed by atoms with Gasteiger partial charge in [-0.25, -0.2) is 0 Å². The first-order chi connectivity index (χ1) is 7.22. The molecule has 0 aromatic heterocycles. The van der Waals surface area contributed by atoms with Gasteiger partial charge >= 0.3 is 0 Å². The van der Waals surface area contributed by atoms with Crippen LogP contribution in [0.25, 0.3) is 0 Å². The average molecular weight is 224 g/mol. The zero-order chi connectivity index (χ0) is 11.3. The van der Waals surface area contributed by atoms with Crippen molar-refractivity contribution in [3.63, 3.8) is 0 Å². The Morgan fingerprint density at radius 3 is 2.73 bits per heavy atom. The maximum atomic E-state index is 8.95. The van der Waals surface area contributed by atoms with Crippen molar-refractivity contribution >= 4 is 17.3 Å². The van der Waals surface area contributed by atoms with Gasteiger partial charge in [0.1, 0.15) is 0 Å². The Kier molecular flexibility index (Phi) is 4.48. The third-order valence-corrected chi connectivity index (χ3v) is 2.50. The first-order valence-electron chi connectivity index (χ1n) is 4.80. The number of aliphatic hydroxyl groups is 1. The summed E-state index contributed by atoms with van der Waals surface area (Å²) in [7, 11) is 0. The summed E-state index contributed by atoms with van der Waals surface area (Å²) < 4.78 is 0. The molecule has 0 radical (unpaired) electrons. The summed E-state index contributed by atoms with van der Waals surface area (Å²) in [6, 6.07) is 5.49. The SMILES string of the molecule is C#CCN(CC)c1ccc(CO)cc1Cl. The van der Waals surface area contributed by atoms with E-state index in [1.807, 2.05) is 24.0 Å². The fraction of sp³-hybridized carbons (Fsp3) is 0.333. The van der Waals surface area contributed by atoms with Gasteiger partial charge in [0.2, 0.25) is 0 Å². The number of nitrogens with zero attached hydrogens (tertiary/aromatic N) is 1.